The van der Waals surface area contributed by atoms with Crippen molar-refractivity contribution in [1.82, 2.24) is 15.3 Å². The number of nitrogens with one attached hydrogen (secondary N) is 1. The number of carbonyl (C=O) groups excluding carboxylic acids is 1. The molecule has 1 N–H and O–H groups in total. The topological polar surface area (TPSA) is 58.1 Å². The van der Waals surface area contributed by atoms with Crippen molar-refractivity contribution in [2.45, 2.75) is 33.1 Å². The smallest absolute Gasteiger partial charge is 0.239 e. The molecule has 1 aliphatic heterocycles. The number of carbonyl (C=O) groups is 1. The molecule has 1 aromatic heterocycles. The van der Waals surface area contributed by atoms with E-state index in [2.05, 4.69) is 15.3 Å². The van der Waals surface area contributed by atoms with Crippen LogP contribution in [0.15, 0.2) is 0 Å². The summed E-state index contributed by atoms with van der Waals surface area (Å²) in [5.74, 6) is 1.47. The molecule has 0 spiro atoms. The number of nitrogens with zero attached hydrogens (tertiary/aromatic N) is 3. The molecule has 2 rings (SSSR count). The van der Waals surface area contributed by atoms with Crippen LogP contribution in [0.4, 0.5) is 5.82 Å². The summed E-state index contributed by atoms with van der Waals surface area (Å²) >= 11 is 6.20. The quantitative estimate of drug-likeness (QED) is 0.796. The van der Waals surface area contributed by atoms with E-state index in [-0.39, 0.29) is 11.3 Å². The second-order valence-corrected chi connectivity index (χ2v) is 6.17. The fourth-order valence-electron chi connectivity index (χ4n) is 1.94. The largest absolute Gasteiger partial charge is 0.353 e. The zero-order valence-electron chi connectivity index (χ0n) is 11.7. The van der Waals surface area contributed by atoms with E-state index in [1.54, 1.807) is 0 Å². The standard InChI is InChI=1S/C13H19ClN4O/c1-8-10(14)16-12(13(2,3)4)17-11(8)18-6-5-15-9(19)7-18/h5-7H2,1-4H3,(H,15,19). The van der Waals surface area contributed by atoms with Gasteiger partial charge in [-0.05, 0) is 6.92 Å². The van der Waals surface area contributed by atoms with Gasteiger partial charge in [-0.1, -0.05) is 32.4 Å². The molecule has 0 bridgehead atoms. The summed E-state index contributed by atoms with van der Waals surface area (Å²) in [5.41, 5.74) is 0.647. The second kappa shape index (κ2) is 4.96. The van der Waals surface area contributed by atoms with Gasteiger partial charge in [-0.25, -0.2) is 9.97 Å². The summed E-state index contributed by atoms with van der Waals surface area (Å²) in [5, 5.41) is 3.26. The van der Waals surface area contributed by atoms with Gasteiger partial charge in [0.1, 0.15) is 16.8 Å². The number of hydrogen-bond acceptors (Lipinski definition) is 4. The van der Waals surface area contributed by atoms with Crippen molar-refractivity contribution in [3.8, 4) is 0 Å². The minimum atomic E-state index is -0.176. The van der Waals surface area contributed by atoms with E-state index in [9.17, 15) is 4.79 Å². The molecular weight excluding hydrogens is 264 g/mol. The van der Waals surface area contributed by atoms with E-state index >= 15 is 0 Å². The number of piperazine rings is 1. The van der Waals surface area contributed by atoms with Crippen molar-refractivity contribution in [2.24, 2.45) is 0 Å². The van der Waals surface area contributed by atoms with Gasteiger partial charge in [-0.2, -0.15) is 0 Å². The summed E-state index contributed by atoms with van der Waals surface area (Å²) in [7, 11) is 0. The van der Waals surface area contributed by atoms with Crippen LogP contribution in [-0.2, 0) is 10.2 Å². The van der Waals surface area contributed by atoms with E-state index < -0.39 is 0 Å². The average Bonchev–Trinajstić information content (AvgIpc) is 2.31. The lowest BCUT2D eigenvalue weighted by Gasteiger charge is -2.30. The summed E-state index contributed by atoms with van der Waals surface area (Å²) in [6.07, 6.45) is 0. The molecule has 1 aliphatic rings. The van der Waals surface area contributed by atoms with Gasteiger partial charge in [-0.15, -0.1) is 0 Å². The maximum absolute atomic E-state index is 11.5. The molecule has 1 saturated heterocycles. The van der Waals surface area contributed by atoms with Crippen LogP contribution in [0.25, 0.3) is 0 Å². The van der Waals surface area contributed by atoms with E-state index in [1.165, 1.54) is 0 Å². The minimum Gasteiger partial charge on any atom is -0.353 e. The fourth-order valence-corrected chi connectivity index (χ4v) is 2.11. The zero-order chi connectivity index (χ0) is 14.2. The maximum atomic E-state index is 11.5. The number of halogens is 1. The predicted molar refractivity (Wildman–Crippen MR) is 75.7 cm³/mol. The van der Waals surface area contributed by atoms with E-state index in [0.29, 0.717) is 24.1 Å². The van der Waals surface area contributed by atoms with Crippen LogP contribution in [0.5, 0.6) is 0 Å². The van der Waals surface area contributed by atoms with Gasteiger partial charge in [0, 0.05) is 24.1 Å². The molecule has 0 aromatic carbocycles. The van der Waals surface area contributed by atoms with Crippen molar-refractivity contribution in [3.63, 3.8) is 0 Å². The van der Waals surface area contributed by atoms with Crippen LogP contribution in [0.3, 0.4) is 0 Å². The molecule has 0 atom stereocenters. The average molecular weight is 283 g/mol. The fraction of sp³-hybridized carbons (Fsp3) is 0.615. The molecule has 104 valence electrons. The number of aromatic nitrogens is 2. The van der Waals surface area contributed by atoms with Gasteiger partial charge in [0.2, 0.25) is 5.91 Å². The molecule has 19 heavy (non-hydrogen) atoms. The van der Waals surface area contributed by atoms with Gasteiger partial charge < -0.3 is 10.2 Å². The second-order valence-electron chi connectivity index (χ2n) is 5.81. The first kappa shape index (κ1) is 14.1. The van der Waals surface area contributed by atoms with Gasteiger partial charge in [-0.3, -0.25) is 4.79 Å². The van der Waals surface area contributed by atoms with Crippen LogP contribution in [-0.4, -0.2) is 35.5 Å². The SMILES string of the molecule is Cc1c(Cl)nc(C(C)(C)C)nc1N1CCNC(=O)C1. The Kier molecular flexibility index (Phi) is 3.67. The zero-order valence-corrected chi connectivity index (χ0v) is 12.5. The third kappa shape index (κ3) is 2.97. The Morgan fingerprint density at radius 3 is 2.58 bits per heavy atom. The van der Waals surface area contributed by atoms with Crippen LogP contribution < -0.4 is 10.2 Å². The van der Waals surface area contributed by atoms with Crippen molar-refractivity contribution >= 4 is 23.3 Å². The summed E-state index contributed by atoms with van der Waals surface area (Å²) in [6, 6.07) is 0. The third-order valence-electron chi connectivity index (χ3n) is 3.07. The molecule has 0 radical (unpaired) electrons. The molecule has 5 nitrogen and oxygen atoms in total. The number of rotatable bonds is 1. The van der Waals surface area contributed by atoms with Crippen molar-refractivity contribution in [1.29, 1.82) is 0 Å². The Balaban J connectivity index is 2.44. The number of anilines is 1. The molecule has 0 saturated carbocycles. The molecule has 2 heterocycles. The first-order valence-corrected chi connectivity index (χ1v) is 6.73. The van der Waals surface area contributed by atoms with Gasteiger partial charge >= 0.3 is 0 Å². The lowest BCUT2D eigenvalue weighted by molar-refractivity contribution is -0.120. The van der Waals surface area contributed by atoms with Crippen molar-refractivity contribution < 1.29 is 4.79 Å². The van der Waals surface area contributed by atoms with E-state index in [4.69, 9.17) is 11.6 Å². The van der Waals surface area contributed by atoms with Crippen LogP contribution >= 0.6 is 11.6 Å². The van der Waals surface area contributed by atoms with Crippen molar-refractivity contribution in [3.05, 3.63) is 16.5 Å². The van der Waals surface area contributed by atoms with Crippen LogP contribution in [0.2, 0.25) is 5.15 Å². The Labute approximate surface area is 118 Å². The highest BCUT2D eigenvalue weighted by atomic mass is 35.5. The molecule has 0 aliphatic carbocycles. The third-order valence-corrected chi connectivity index (χ3v) is 3.44. The normalized spacial score (nSPS) is 16.5. The van der Waals surface area contributed by atoms with Gasteiger partial charge in [0.05, 0.1) is 6.54 Å². The summed E-state index contributed by atoms with van der Waals surface area (Å²) < 4.78 is 0. The highest BCUT2D eigenvalue weighted by Crippen LogP contribution is 2.28. The molecule has 1 aromatic rings. The molecule has 1 fully saturated rings. The number of amides is 1. The van der Waals surface area contributed by atoms with E-state index in [0.717, 1.165) is 17.9 Å². The Morgan fingerprint density at radius 2 is 2.00 bits per heavy atom. The van der Waals surface area contributed by atoms with Crippen LogP contribution in [0, 0.1) is 6.92 Å². The molecular formula is C13H19ClN4O. The predicted octanol–water partition coefficient (Wildman–Crippen LogP) is 1.67. The first-order valence-electron chi connectivity index (χ1n) is 6.35. The highest BCUT2D eigenvalue weighted by molar-refractivity contribution is 6.30. The number of hydrogen-bond donors (Lipinski definition) is 1. The van der Waals surface area contributed by atoms with Gasteiger partial charge in [0.25, 0.3) is 0 Å². The Bertz CT molecular complexity index is 510. The Morgan fingerprint density at radius 1 is 1.32 bits per heavy atom. The minimum absolute atomic E-state index is 0.0118. The molecule has 6 heteroatoms. The first-order chi connectivity index (χ1) is 8.79. The highest BCUT2D eigenvalue weighted by Gasteiger charge is 2.25. The monoisotopic (exact) mass is 282 g/mol. The lowest BCUT2D eigenvalue weighted by Crippen LogP contribution is -2.48. The van der Waals surface area contributed by atoms with Crippen LogP contribution in [0.1, 0.15) is 32.2 Å². The van der Waals surface area contributed by atoms with E-state index in [1.807, 2.05) is 32.6 Å². The summed E-state index contributed by atoms with van der Waals surface area (Å²) in [4.78, 5) is 22.4. The maximum Gasteiger partial charge on any atom is 0.239 e. The lowest BCUT2D eigenvalue weighted by atomic mass is 9.95. The molecule has 0 unspecified atom stereocenters. The Hall–Kier alpha value is -1.36. The van der Waals surface area contributed by atoms with Gasteiger partial charge in [0.15, 0.2) is 0 Å². The van der Waals surface area contributed by atoms with Crippen molar-refractivity contribution in [2.75, 3.05) is 24.5 Å². The summed E-state index contributed by atoms with van der Waals surface area (Å²) in [6.45, 7) is 9.70. The molecule has 1 amide bonds.